The fourth-order valence-electron chi connectivity index (χ4n) is 1.63. The van der Waals surface area contributed by atoms with E-state index in [9.17, 15) is 4.79 Å². The highest BCUT2D eigenvalue weighted by atomic mass is 79.9. The first-order valence-corrected chi connectivity index (χ1v) is 7.59. The molecule has 0 aromatic heterocycles. The lowest BCUT2D eigenvalue weighted by Gasteiger charge is -2.03. The van der Waals surface area contributed by atoms with Crippen molar-refractivity contribution in [2.24, 2.45) is 0 Å². The molecule has 0 unspecified atom stereocenters. The lowest BCUT2D eigenvalue weighted by atomic mass is 10.2. The first kappa shape index (κ1) is 14.2. The van der Waals surface area contributed by atoms with Crippen LogP contribution in [-0.4, -0.2) is 11.1 Å². The molecule has 0 atom stereocenters. The Morgan fingerprint density at radius 3 is 2.16 bits per heavy atom. The van der Waals surface area contributed by atoms with Crippen molar-refractivity contribution in [2.75, 3.05) is 0 Å². The summed E-state index contributed by atoms with van der Waals surface area (Å²) in [6, 6.07) is 15.9. The van der Waals surface area contributed by atoms with E-state index in [1.807, 2.05) is 36.4 Å². The fraction of sp³-hybridized carbons (Fsp3) is 0.133. The zero-order chi connectivity index (χ0) is 13.7. The van der Waals surface area contributed by atoms with Gasteiger partial charge < -0.3 is 5.11 Å². The molecular weight excluding hydrogens is 324 g/mol. The molecule has 4 heteroatoms. The number of carboxylic acids is 1. The second kappa shape index (κ2) is 6.78. The number of benzene rings is 2. The SMILES string of the molecule is O=C(O)Cc1ccc(SCc2ccc(Br)cc2)cc1. The van der Waals surface area contributed by atoms with E-state index in [1.165, 1.54) is 5.56 Å². The quantitative estimate of drug-likeness (QED) is 0.824. The second-order valence-electron chi connectivity index (χ2n) is 4.13. The number of carboxylic acid groups (broad SMARTS) is 1. The van der Waals surface area contributed by atoms with Gasteiger partial charge in [0, 0.05) is 15.1 Å². The largest absolute Gasteiger partial charge is 0.481 e. The third kappa shape index (κ3) is 4.73. The monoisotopic (exact) mass is 336 g/mol. The second-order valence-corrected chi connectivity index (χ2v) is 6.09. The van der Waals surface area contributed by atoms with Gasteiger partial charge in [0.1, 0.15) is 0 Å². The molecule has 0 aliphatic heterocycles. The summed E-state index contributed by atoms with van der Waals surface area (Å²) >= 11 is 5.16. The van der Waals surface area contributed by atoms with Crippen LogP contribution in [0.3, 0.4) is 0 Å². The van der Waals surface area contributed by atoms with Gasteiger partial charge in [0.25, 0.3) is 0 Å². The van der Waals surface area contributed by atoms with E-state index in [2.05, 4.69) is 28.1 Å². The minimum absolute atomic E-state index is 0.0810. The van der Waals surface area contributed by atoms with Crippen molar-refractivity contribution in [1.29, 1.82) is 0 Å². The van der Waals surface area contributed by atoms with Crippen LogP contribution >= 0.6 is 27.7 Å². The number of thioether (sulfide) groups is 1. The molecule has 2 aromatic rings. The van der Waals surface area contributed by atoms with E-state index in [-0.39, 0.29) is 6.42 Å². The Labute approximate surface area is 125 Å². The summed E-state index contributed by atoms with van der Waals surface area (Å²) < 4.78 is 1.08. The summed E-state index contributed by atoms with van der Waals surface area (Å²) in [5.74, 6) is 0.112. The summed E-state index contributed by atoms with van der Waals surface area (Å²) in [7, 11) is 0. The summed E-state index contributed by atoms with van der Waals surface area (Å²) in [4.78, 5) is 11.7. The third-order valence-corrected chi connectivity index (χ3v) is 4.21. The Bertz CT molecular complexity index is 549. The Balaban J connectivity index is 1.92. The van der Waals surface area contributed by atoms with Crippen LogP contribution in [0.5, 0.6) is 0 Å². The number of hydrogen-bond acceptors (Lipinski definition) is 2. The maximum absolute atomic E-state index is 10.6. The minimum atomic E-state index is -0.796. The molecular formula is C15H13BrO2S. The highest BCUT2D eigenvalue weighted by Crippen LogP contribution is 2.24. The van der Waals surface area contributed by atoms with E-state index < -0.39 is 5.97 Å². The molecule has 0 radical (unpaired) electrons. The lowest BCUT2D eigenvalue weighted by molar-refractivity contribution is -0.136. The van der Waals surface area contributed by atoms with Gasteiger partial charge in [-0.25, -0.2) is 0 Å². The van der Waals surface area contributed by atoms with Crippen molar-refractivity contribution >= 4 is 33.7 Å². The standard InChI is InChI=1S/C15H13BrO2S/c16-13-5-1-12(2-6-13)10-19-14-7-3-11(4-8-14)9-15(17)18/h1-8H,9-10H2,(H,17,18). The van der Waals surface area contributed by atoms with E-state index >= 15 is 0 Å². The molecule has 0 spiro atoms. The van der Waals surface area contributed by atoms with Crippen LogP contribution in [0.1, 0.15) is 11.1 Å². The number of hydrogen-bond donors (Lipinski definition) is 1. The van der Waals surface area contributed by atoms with Gasteiger partial charge in [-0.15, -0.1) is 11.8 Å². The zero-order valence-electron chi connectivity index (χ0n) is 10.2. The van der Waals surface area contributed by atoms with Crippen LogP contribution in [-0.2, 0) is 17.0 Å². The lowest BCUT2D eigenvalue weighted by Crippen LogP contribution is -1.99. The van der Waals surface area contributed by atoms with E-state index in [0.717, 1.165) is 20.7 Å². The third-order valence-electron chi connectivity index (χ3n) is 2.60. The average Bonchev–Trinajstić information content (AvgIpc) is 2.39. The van der Waals surface area contributed by atoms with Crippen LogP contribution in [0.25, 0.3) is 0 Å². The van der Waals surface area contributed by atoms with Crippen LogP contribution in [0.4, 0.5) is 0 Å². The molecule has 0 fully saturated rings. The van der Waals surface area contributed by atoms with Crippen molar-refractivity contribution < 1.29 is 9.90 Å². The predicted molar refractivity (Wildman–Crippen MR) is 81.5 cm³/mol. The van der Waals surface area contributed by atoms with Crippen LogP contribution in [0, 0.1) is 0 Å². The van der Waals surface area contributed by atoms with E-state index in [0.29, 0.717) is 0 Å². The molecule has 19 heavy (non-hydrogen) atoms. The minimum Gasteiger partial charge on any atom is -0.481 e. The summed E-state index contributed by atoms with van der Waals surface area (Å²) in [6.07, 6.45) is 0.0810. The number of carbonyl (C=O) groups is 1. The highest BCUT2D eigenvalue weighted by molar-refractivity contribution is 9.10. The first-order chi connectivity index (χ1) is 9.13. The molecule has 0 saturated carbocycles. The van der Waals surface area contributed by atoms with Gasteiger partial charge in [0.05, 0.1) is 6.42 Å². The van der Waals surface area contributed by atoms with Gasteiger partial charge in [-0.05, 0) is 35.4 Å². The normalized spacial score (nSPS) is 10.4. The van der Waals surface area contributed by atoms with E-state index in [1.54, 1.807) is 11.8 Å². The van der Waals surface area contributed by atoms with E-state index in [4.69, 9.17) is 5.11 Å². The molecule has 0 aliphatic rings. The topological polar surface area (TPSA) is 37.3 Å². The fourth-order valence-corrected chi connectivity index (χ4v) is 2.74. The molecule has 0 aliphatic carbocycles. The van der Waals surface area contributed by atoms with Crippen molar-refractivity contribution in [2.45, 2.75) is 17.1 Å². The molecule has 98 valence electrons. The first-order valence-electron chi connectivity index (χ1n) is 5.81. The van der Waals surface area contributed by atoms with Crippen molar-refractivity contribution in [1.82, 2.24) is 0 Å². The molecule has 0 amide bonds. The maximum atomic E-state index is 10.6. The molecule has 2 aromatic carbocycles. The van der Waals surface area contributed by atoms with Gasteiger partial charge >= 0.3 is 5.97 Å². The molecule has 2 rings (SSSR count). The van der Waals surface area contributed by atoms with Gasteiger partial charge in [-0.1, -0.05) is 40.2 Å². The Morgan fingerprint density at radius 1 is 1.00 bits per heavy atom. The zero-order valence-corrected chi connectivity index (χ0v) is 12.6. The Morgan fingerprint density at radius 2 is 1.58 bits per heavy atom. The molecule has 0 heterocycles. The van der Waals surface area contributed by atoms with Gasteiger partial charge in [0.15, 0.2) is 0 Å². The average molecular weight is 337 g/mol. The van der Waals surface area contributed by atoms with Crippen molar-refractivity contribution in [3.63, 3.8) is 0 Å². The molecule has 0 bridgehead atoms. The number of aliphatic carboxylic acids is 1. The van der Waals surface area contributed by atoms with Crippen LogP contribution in [0.15, 0.2) is 57.9 Å². The van der Waals surface area contributed by atoms with Crippen LogP contribution in [0.2, 0.25) is 0 Å². The summed E-state index contributed by atoms with van der Waals surface area (Å²) in [5, 5.41) is 8.70. The predicted octanol–water partition coefficient (Wildman–Crippen LogP) is 4.37. The van der Waals surface area contributed by atoms with Gasteiger partial charge in [-0.3, -0.25) is 4.79 Å². The van der Waals surface area contributed by atoms with Crippen molar-refractivity contribution in [3.05, 3.63) is 64.1 Å². The van der Waals surface area contributed by atoms with Crippen LogP contribution < -0.4 is 0 Å². The van der Waals surface area contributed by atoms with Gasteiger partial charge in [0.2, 0.25) is 0 Å². The maximum Gasteiger partial charge on any atom is 0.307 e. The Kier molecular flexibility index (Phi) is 5.05. The van der Waals surface area contributed by atoms with Crippen molar-refractivity contribution in [3.8, 4) is 0 Å². The smallest absolute Gasteiger partial charge is 0.307 e. The summed E-state index contributed by atoms with van der Waals surface area (Å²) in [5.41, 5.74) is 2.10. The Hall–Kier alpha value is -1.26. The van der Waals surface area contributed by atoms with Gasteiger partial charge in [-0.2, -0.15) is 0 Å². The number of halogens is 1. The highest BCUT2D eigenvalue weighted by Gasteiger charge is 2.01. The summed E-state index contributed by atoms with van der Waals surface area (Å²) in [6.45, 7) is 0. The molecule has 0 saturated heterocycles. The number of rotatable bonds is 5. The molecule has 1 N–H and O–H groups in total. The molecule has 2 nitrogen and oxygen atoms in total.